The summed E-state index contributed by atoms with van der Waals surface area (Å²) in [6.45, 7) is 1.51. The van der Waals surface area contributed by atoms with Crippen molar-refractivity contribution in [1.29, 1.82) is 0 Å². The fourth-order valence-corrected chi connectivity index (χ4v) is 0.631. The Bertz CT molecular complexity index is 67.1. The molecule has 0 heterocycles. The van der Waals surface area contributed by atoms with E-state index in [0.717, 1.165) is 0 Å². The van der Waals surface area contributed by atoms with Crippen LogP contribution in [0.25, 0.3) is 0 Å². The first-order chi connectivity index (χ1) is 3.62. The monoisotopic (exact) mass is 142 g/mol. The molecule has 0 aliphatic rings. The van der Waals surface area contributed by atoms with Crippen molar-refractivity contribution in [3.8, 4) is 0 Å². The van der Waals surface area contributed by atoms with Crippen molar-refractivity contribution in [2.24, 2.45) is 0 Å². The Morgan fingerprint density at radius 3 is 2.25 bits per heavy atom. The largest absolute Gasteiger partial charge is 0.706 e. The van der Waals surface area contributed by atoms with Gasteiger partial charge in [0.05, 0.1) is 0 Å². The number of hydrogen-bond acceptors (Lipinski definition) is 4. The molecule has 2 N–H and O–H groups in total. The van der Waals surface area contributed by atoms with Crippen molar-refractivity contribution in [3.05, 3.63) is 0 Å². The van der Waals surface area contributed by atoms with Crippen LogP contribution in [0, 0.1) is 0 Å². The lowest BCUT2D eigenvalue weighted by atomic mass is 10.9. The molecule has 0 fully saturated rings. The molecule has 0 saturated heterocycles. The topological polar surface area (TPSA) is 58.9 Å². The van der Waals surface area contributed by atoms with Crippen LogP contribution in [-0.2, 0) is 9.06 Å². The highest BCUT2D eigenvalue weighted by atomic mass is 28.4. The average molecular weight is 142 g/mol. The van der Waals surface area contributed by atoms with Crippen molar-refractivity contribution < 1.29 is 23.2 Å². The van der Waals surface area contributed by atoms with E-state index in [0.29, 0.717) is 0 Å². The predicted octanol–water partition coefficient (Wildman–Crippen LogP) is -0.656. The van der Waals surface area contributed by atoms with E-state index in [1.165, 1.54) is 6.92 Å². The fraction of sp³-hybridized carbons (Fsp3) is 1.00. The minimum Gasteiger partial charge on any atom is -0.366 e. The summed E-state index contributed by atoms with van der Waals surface area (Å²) in [5, 5.41) is 0. The summed E-state index contributed by atoms with van der Waals surface area (Å²) >= 11 is 0. The molecule has 0 atom stereocenters. The van der Waals surface area contributed by atoms with Gasteiger partial charge in [0, 0.05) is 6.61 Å². The first-order valence-electron chi connectivity index (χ1n) is 2.01. The van der Waals surface area contributed by atoms with Crippen molar-refractivity contribution in [3.63, 3.8) is 0 Å². The Labute approximate surface area is 46.9 Å². The first kappa shape index (κ1) is 7.99. The second kappa shape index (κ2) is 3.10. The van der Waals surface area contributed by atoms with E-state index in [9.17, 15) is 4.53 Å². The van der Waals surface area contributed by atoms with Gasteiger partial charge in [-0.25, -0.2) is 0 Å². The van der Waals surface area contributed by atoms with Gasteiger partial charge in [-0.3, -0.25) is 0 Å². The normalized spacial score (nSPS) is 12.0. The van der Waals surface area contributed by atoms with Crippen LogP contribution in [-0.4, -0.2) is 25.2 Å². The minimum atomic E-state index is -4.34. The quantitative estimate of drug-likeness (QED) is 0.514. The van der Waals surface area contributed by atoms with Crippen molar-refractivity contribution in [2.45, 2.75) is 6.92 Å². The third-order valence-corrected chi connectivity index (χ3v) is 1.30. The highest BCUT2D eigenvalue weighted by Gasteiger charge is 2.37. The van der Waals surface area contributed by atoms with Gasteiger partial charge >= 0.3 is 9.05 Å². The van der Waals surface area contributed by atoms with Gasteiger partial charge in [0.2, 0.25) is 0 Å². The summed E-state index contributed by atoms with van der Waals surface area (Å²) < 4.78 is 17.6. The van der Waals surface area contributed by atoms with Crippen LogP contribution in [0.1, 0.15) is 6.92 Å². The van der Waals surface area contributed by atoms with Gasteiger partial charge in [0.1, 0.15) is 0 Å². The maximum Gasteiger partial charge on any atom is 0.706 e. The maximum atomic E-state index is 10.9. The number of rotatable bonds is 3. The lowest BCUT2D eigenvalue weighted by Gasteiger charge is -2.07. The smallest absolute Gasteiger partial charge is 0.366 e. The van der Waals surface area contributed by atoms with Gasteiger partial charge in [-0.1, -0.05) is 4.53 Å². The number of halogens is 1. The van der Waals surface area contributed by atoms with E-state index in [1.54, 1.807) is 0 Å². The summed E-state index contributed by atoms with van der Waals surface area (Å²) in [7, 11) is -4.34. The summed E-state index contributed by atoms with van der Waals surface area (Å²) in [6.07, 6.45) is 0. The summed E-state index contributed by atoms with van der Waals surface area (Å²) in [5.74, 6) is 0. The van der Waals surface area contributed by atoms with E-state index >= 15 is 0 Å². The SMILES string of the molecule is CCO[Si](O)(O)OF. The zero-order valence-electron chi connectivity index (χ0n) is 4.30. The highest BCUT2D eigenvalue weighted by Crippen LogP contribution is 1.96. The summed E-state index contributed by atoms with van der Waals surface area (Å²) in [5.41, 5.74) is 0. The molecule has 0 amide bonds. The predicted molar refractivity (Wildman–Crippen MR) is 24.0 cm³/mol. The Kier molecular flexibility index (Phi) is 3.10. The minimum absolute atomic E-state index is 0.0170. The van der Waals surface area contributed by atoms with Gasteiger partial charge in [0.15, 0.2) is 0 Å². The van der Waals surface area contributed by atoms with Crippen LogP contribution in [0.4, 0.5) is 4.53 Å². The van der Waals surface area contributed by atoms with Crippen LogP contribution in [0.15, 0.2) is 0 Å². The zero-order valence-corrected chi connectivity index (χ0v) is 5.30. The van der Waals surface area contributed by atoms with Crippen LogP contribution in [0.5, 0.6) is 0 Å². The molecule has 0 radical (unpaired) electrons. The van der Waals surface area contributed by atoms with E-state index in [4.69, 9.17) is 9.59 Å². The molecule has 0 rings (SSSR count). The lowest BCUT2D eigenvalue weighted by Crippen LogP contribution is -2.40. The molecule has 0 aromatic carbocycles. The molecule has 0 aromatic rings. The lowest BCUT2D eigenvalue weighted by molar-refractivity contribution is -0.122. The Morgan fingerprint density at radius 2 is 2.12 bits per heavy atom. The Morgan fingerprint density at radius 1 is 1.62 bits per heavy atom. The van der Waals surface area contributed by atoms with Gasteiger partial charge in [-0.15, -0.1) is 0 Å². The average Bonchev–Trinajstić information content (AvgIpc) is 1.67. The summed E-state index contributed by atoms with van der Waals surface area (Å²) in [6, 6.07) is 0. The van der Waals surface area contributed by atoms with Gasteiger partial charge in [0.25, 0.3) is 0 Å². The number of hydrogen-bond donors (Lipinski definition) is 2. The molecule has 50 valence electrons. The van der Waals surface area contributed by atoms with Gasteiger partial charge in [-0.2, -0.15) is 4.63 Å². The van der Waals surface area contributed by atoms with Crippen LogP contribution < -0.4 is 0 Å². The molecule has 0 saturated carbocycles. The second-order valence-corrected chi connectivity index (χ2v) is 2.60. The molecule has 4 nitrogen and oxygen atoms in total. The fourth-order valence-electron chi connectivity index (χ4n) is 0.210. The third kappa shape index (κ3) is 3.05. The van der Waals surface area contributed by atoms with Crippen LogP contribution in [0.3, 0.4) is 0 Å². The van der Waals surface area contributed by atoms with Gasteiger partial charge < -0.3 is 14.0 Å². The van der Waals surface area contributed by atoms with E-state index in [2.05, 4.69) is 9.06 Å². The molecule has 0 unspecified atom stereocenters. The molecule has 0 aromatic heterocycles. The van der Waals surface area contributed by atoms with Gasteiger partial charge in [-0.05, 0) is 6.92 Å². The van der Waals surface area contributed by atoms with Crippen molar-refractivity contribution >= 4 is 9.05 Å². The third-order valence-electron chi connectivity index (χ3n) is 0.433. The summed E-state index contributed by atoms with van der Waals surface area (Å²) in [4.78, 5) is 16.4. The maximum absolute atomic E-state index is 10.9. The molecule has 0 aliphatic heterocycles. The second-order valence-electron chi connectivity index (χ2n) is 1.06. The Hall–Kier alpha value is -0.0131. The van der Waals surface area contributed by atoms with E-state index in [1.807, 2.05) is 0 Å². The Balaban J connectivity index is 3.37. The standard InChI is InChI=1S/C2H7FO4Si/c1-2-6-8(4,5)7-3/h4-5H,2H2,1H3. The zero-order chi connectivity index (χ0) is 6.62. The molecule has 6 heteroatoms. The molecule has 0 spiro atoms. The molecule has 8 heavy (non-hydrogen) atoms. The molecular formula is C2H7FO4Si. The van der Waals surface area contributed by atoms with Crippen LogP contribution in [0.2, 0.25) is 0 Å². The van der Waals surface area contributed by atoms with Crippen molar-refractivity contribution in [1.82, 2.24) is 0 Å². The van der Waals surface area contributed by atoms with E-state index in [-0.39, 0.29) is 6.61 Å². The first-order valence-corrected chi connectivity index (χ1v) is 3.72. The molecule has 0 bridgehead atoms. The van der Waals surface area contributed by atoms with Crippen LogP contribution >= 0.6 is 0 Å². The van der Waals surface area contributed by atoms with E-state index < -0.39 is 9.05 Å². The highest BCUT2D eigenvalue weighted by molar-refractivity contribution is 6.49. The van der Waals surface area contributed by atoms with Crippen molar-refractivity contribution in [2.75, 3.05) is 6.61 Å². The molecule has 0 aliphatic carbocycles. The molecular weight excluding hydrogens is 135 g/mol.